The van der Waals surface area contributed by atoms with Crippen molar-refractivity contribution in [1.29, 1.82) is 0 Å². The molecule has 37 heavy (non-hydrogen) atoms. The fourth-order valence-electron chi connectivity index (χ4n) is 4.80. The Morgan fingerprint density at radius 1 is 1.11 bits per heavy atom. The highest BCUT2D eigenvalue weighted by Gasteiger charge is 2.42. The van der Waals surface area contributed by atoms with Crippen LogP contribution in [-0.2, 0) is 6.18 Å². The number of nitrogens with zero attached hydrogens (tertiary/aromatic N) is 4. The first kappa shape index (κ1) is 24.6. The van der Waals surface area contributed by atoms with E-state index in [1.807, 2.05) is 4.90 Å². The largest absolute Gasteiger partial charge is 0.433 e. The standard InChI is InChI=1S/C25H23F3N6O3/c26-25(27,28)21-3-1-2-18(30-21)22(36)31-19-12-34(32-20(19)13-35)17-6-4-16(5-7-17)23(37)33-11-9-24(15-33)8-10-29-14-24/h1-7,12-13,29H,8-11,14-15H2,(H,31,36). The predicted octanol–water partition coefficient (Wildman–Crippen LogP) is 3.18. The molecule has 2 aromatic heterocycles. The van der Waals surface area contributed by atoms with Crippen LogP contribution in [-0.4, -0.2) is 63.9 Å². The molecule has 1 unspecified atom stereocenters. The maximum Gasteiger partial charge on any atom is 0.433 e. The van der Waals surface area contributed by atoms with Crippen LogP contribution in [0.1, 0.15) is 49.9 Å². The molecule has 0 aliphatic carbocycles. The van der Waals surface area contributed by atoms with Crippen molar-refractivity contribution in [2.75, 3.05) is 31.5 Å². The lowest BCUT2D eigenvalue weighted by Gasteiger charge is -2.22. The average Bonchev–Trinajstić information content (AvgIpc) is 3.64. The van der Waals surface area contributed by atoms with Gasteiger partial charge in [-0.15, -0.1) is 0 Å². The molecular weight excluding hydrogens is 489 g/mol. The van der Waals surface area contributed by atoms with E-state index in [2.05, 4.69) is 20.7 Å². The van der Waals surface area contributed by atoms with E-state index in [0.29, 0.717) is 24.1 Å². The number of halogens is 3. The second-order valence-electron chi connectivity index (χ2n) is 9.30. The molecule has 2 saturated heterocycles. The van der Waals surface area contributed by atoms with Crippen LogP contribution in [0, 0.1) is 5.41 Å². The van der Waals surface area contributed by atoms with E-state index in [9.17, 15) is 27.6 Å². The van der Waals surface area contributed by atoms with Gasteiger partial charge in [-0.05, 0) is 55.8 Å². The molecule has 2 aliphatic heterocycles. The Morgan fingerprint density at radius 3 is 2.57 bits per heavy atom. The molecule has 3 aromatic rings. The molecule has 0 radical (unpaired) electrons. The Hall–Kier alpha value is -4.06. The number of carbonyl (C=O) groups excluding carboxylic acids is 3. The summed E-state index contributed by atoms with van der Waals surface area (Å²) >= 11 is 0. The summed E-state index contributed by atoms with van der Waals surface area (Å²) in [6.07, 6.45) is -0.868. The van der Waals surface area contributed by atoms with Crippen molar-refractivity contribution >= 4 is 23.8 Å². The van der Waals surface area contributed by atoms with Crippen LogP contribution in [0.5, 0.6) is 0 Å². The van der Waals surface area contributed by atoms with Gasteiger partial charge in [0.2, 0.25) is 0 Å². The first-order valence-corrected chi connectivity index (χ1v) is 11.7. The van der Waals surface area contributed by atoms with Gasteiger partial charge in [-0.3, -0.25) is 14.4 Å². The summed E-state index contributed by atoms with van der Waals surface area (Å²) in [5.74, 6) is -0.971. The summed E-state index contributed by atoms with van der Waals surface area (Å²) in [7, 11) is 0. The number of hydrogen-bond acceptors (Lipinski definition) is 6. The van der Waals surface area contributed by atoms with E-state index in [1.54, 1.807) is 24.3 Å². The van der Waals surface area contributed by atoms with E-state index < -0.39 is 23.5 Å². The van der Waals surface area contributed by atoms with Crippen LogP contribution < -0.4 is 10.6 Å². The van der Waals surface area contributed by atoms with E-state index >= 15 is 0 Å². The molecule has 2 aliphatic rings. The number of nitrogens with one attached hydrogen (secondary N) is 2. The zero-order chi connectivity index (χ0) is 26.2. The molecule has 192 valence electrons. The molecule has 5 rings (SSSR count). The van der Waals surface area contributed by atoms with Gasteiger partial charge in [0.1, 0.15) is 17.1 Å². The van der Waals surface area contributed by atoms with Crippen molar-refractivity contribution in [3.8, 4) is 5.69 Å². The van der Waals surface area contributed by atoms with Gasteiger partial charge in [0, 0.05) is 30.6 Å². The molecule has 2 fully saturated rings. The van der Waals surface area contributed by atoms with Gasteiger partial charge in [0.25, 0.3) is 11.8 Å². The number of aldehydes is 1. The number of alkyl halides is 3. The highest BCUT2D eigenvalue weighted by atomic mass is 19.4. The number of benzene rings is 1. The lowest BCUT2D eigenvalue weighted by atomic mass is 9.86. The minimum atomic E-state index is -4.70. The summed E-state index contributed by atoms with van der Waals surface area (Å²) in [4.78, 5) is 42.2. The number of anilines is 1. The lowest BCUT2D eigenvalue weighted by molar-refractivity contribution is -0.141. The topological polar surface area (TPSA) is 109 Å². The molecule has 2 amide bonds. The monoisotopic (exact) mass is 512 g/mol. The lowest BCUT2D eigenvalue weighted by Crippen LogP contribution is -2.33. The number of carbonyl (C=O) groups is 3. The summed E-state index contributed by atoms with van der Waals surface area (Å²) in [6.45, 7) is 3.35. The van der Waals surface area contributed by atoms with Gasteiger partial charge in [-0.1, -0.05) is 6.07 Å². The zero-order valence-corrected chi connectivity index (χ0v) is 19.6. The average molecular weight is 512 g/mol. The molecule has 0 saturated carbocycles. The predicted molar refractivity (Wildman–Crippen MR) is 127 cm³/mol. The second kappa shape index (κ2) is 9.43. The highest BCUT2D eigenvalue weighted by molar-refractivity contribution is 6.04. The van der Waals surface area contributed by atoms with Crippen molar-refractivity contribution in [2.45, 2.75) is 19.0 Å². The second-order valence-corrected chi connectivity index (χ2v) is 9.30. The number of rotatable bonds is 5. The Bertz CT molecular complexity index is 1350. The molecule has 0 bridgehead atoms. The van der Waals surface area contributed by atoms with Crippen LogP contribution in [0.4, 0.5) is 18.9 Å². The molecule has 12 heteroatoms. The van der Waals surface area contributed by atoms with Crippen molar-refractivity contribution in [1.82, 2.24) is 25.0 Å². The molecule has 1 aromatic carbocycles. The summed E-state index contributed by atoms with van der Waals surface area (Å²) < 4.78 is 40.1. The van der Waals surface area contributed by atoms with Gasteiger partial charge < -0.3 is 15.5 Å². The first-order valence-electron chi connectivity index (χ1n) is 11.7. The molecule has 9 nitrogen and oxygen atoms in total. The summed E-state index contributed by atoms with van der Waals surface area (Å²) in [5, 5.41) is 9.89. The molecule has 2 N–H and O–H groups in total. The Kier molecular flexibility index (Phi) is 6.28. The van der Waals surface area contributed by atoms with Crippen LogP contribution in [0.15, 0.2) is 48.7 Å². The quantitative estimate of drug-likeness (QED) is 0.509. The molecule has 1 spiro atoms. The zero-order valence-electron chi connectivity index (χ0n) is 19.6. The maximum atomic E-state index is 13.0. The maximum absolute atomic E-state index is 13.0. The van der Waals surface area contributed by atoms with E-state index in [0.717, 1.165) is 50.7 Å². The van der Waals surface area contributed by atoms with Crippen LogP contribution in [0.25, 0.3) is 5.69 Å². The third-order valence-electron chi connectivity index (χ3n) is 6.81. The highest BCUT2D eigenvalue weighted by Crippen LogP contribution is 2.36. The number of hydrogen-bond donors (Lipinski definition) is 2. The number of likely N-dealkylation sites (tertiary alicyclic amines) is 1. The van der Waals surface area contributed by atoms with Crippen LogP contribution >= 0.6 is 0 Å². The summed E-state index contributed by atoms with van der Waals surface area (Å²) in [6, 6.07) is 9.63. The summed E-state index contributed by atoms with van der Waals surface area (Å²) in [5.41, 5.74) is -0.557. The first-order chi connectivity index (χ1) is 17.7. The van der Waals surface area contributed by atoms with Crippen molar-refractivity contribution in [3.63, 3.8) is 0 Å². The van der Waals surface area contributed by atoms with E-state index in [4.69, 9.17) is 0 Å². The third kappa shape index (κ3) is 4.96. The SMILES string of the molecule is O=Cc1nn(-c2ccc(C(=O)N3CCC4(CCNC4)C3)cc2)cc1NC(=O)c1cccc(C(F)(F)F)n1. The van der Waals surface area contributed by atoms with Crippen molar-refractivity contribution in [2.24, 2.45) is 5.41 Å². The third-order valence-corrected chi connectivity index (χ3v) is 6.81. The van der Waals surface area contributed by atoms with Crippen LogP contribution in [0.3, 0.4) is 0 Å². The van der Waals surface area contributed by atoms with Gasteiger partial charge in [-0.25, -0.2) is 9.67 Å². The van der Waals surface area contributed by atoms with Gasteiger partial charge in [0.05, 0.1) is 17.6 Å². The van der Waals surface area contributed by atoms with Crippen molar-refractivity contribution in [3.05, 3.63) is 71.3 Å². The van der Waals surface area contributed by atoms with E-state index in [1.165, 1.54) is 10.9 Å². The fraction of sp³-hybridized carbons (Fsp3) is 0.320. The Morgan fingerprint density at radius 2 is 1.89 bits per heavy atom. The Balaban J connectivity index is 1.30. The van der Waals surface area contributed by atoms with Gasteiger partial charge in [0.15, 0.2) is 6.29 Å². The van der Waals surface area contributed by atoms with Gasteiger partial charge >= 0.3 is 6.18 Å². The minimum Gasteiger partial charge on any atom is -0.338 e. The van der Waals surface area contributed by atoms with Crippen LogP contribution in [0.2, 0.25) is 0 Å². The van der Waals surface area contributed by atoms with E-state index in [-0.39, 0.29) is 22.7 Å². The minimum absolute atomic E-state index is 0.00639. The Labute approximate surface area is 209 Å². The number of pyridine rings is 1. The smallest absolute Gasteiger partial charge is 0.338 e. The van der Waals surface area contributed by atoms with Crippen molar-refractivity contribution < 1.29 is 27.6 Å². The molecule has 1 atom stereocenters. The number of amides is 2. The fourth-order valence-corrected chi connectivity index (χ4v) is 4.80. The number of aromatic nitrogens is 3. The molecular formula is C25H23F3N6O3. The normalized spacial score (nSPS) is 19.4. The van der Waals surface area contributed by atoms with Gasteiger partial charge in [-0.2, -0.15) is 18.3 Å². The molecule has 4 heterocycles.